The molecule has 0 unspecified atom stereocenters. The van der Waals surface area contributed by atoms with E-state index in [1.807, 2.05) is 0 Å². The van der Waals surface area contributed by atoms with Crippen molar-refractivity contribution in [3.63, 3.8) is 0 Å². The van der Waals surface area contributed by atoms with E-state index in [4.69, 9.17) is 0 Å². The summed E-state index contributed by atoms with van der Waals surface area (Å²) in [4.78, 5) is 33.2. The molecule has 3 aromatic rings. The van der Waals surface area contributed by atoms with Gasteiger partial charge in [-0.3, -0.25) is 9.69 Å². The number of imidazole rings is 1. The number of rotatable bonds is 3. The van der Waals surface area contributed by atoms with Crippen molar-refractivity contribution < 1.29 is 4.79 Å². The minimum atomic E-state index is -0.379. The Kier molecular flexibility index (Phi) is 4.36. The highest BCUT2D eigenvalue weighted by Crippen LogP contribution is 2.19. The first-order chi connectivity index (χ1) is 14.1. The van der Waals surface area contributed by atoms with Crippen molar-refractivity contribution in [2.75, 3.05) is 26.2 Å². The number of hydrogen-bond donors (Lipinski definition) is 1. The molecular weight excluding hydrogens is 372 g/mol. The van der Waals surface area contributed by atoms with Gasteiger partial charge in [-0.25, -0.2) is 14.2 Å². The summed E-state index contributed by atoms with van der Waals surface area (Å²) >= 11 is 0. The average molecular weight is 394 g/mol. The molecule has 0 aliphatic carbocycles. The Morgan fingerprint density at radius 1 is 1.14 bits per heavy atom. The zero-order chi connectivity index (χ0) is 20.0. The van der Waals surface area contributed by atoms with Gasteiger partial charge in [0.15, 0.2) is 11.3 Å². The third kappa shape index (κ3) is 3.19. The van der Waals surface area contributed by atoms with Crippen molar-refractivity contribution in [2.45, 2.75) is 19.6 Å². The van der Waals surface area contributed by atoms with E-state index in [0.29, 0.717) is 13.1 Å². The van der Waals surface area contributed by atoms with Crippen LogP contribution in [0.15, 0.2) is 29.3 Å². The molecule has 2 aliphatic heterocycles. The van der Waals surface area contributed by atoms with Gasteiger partial charge in [-0.15, -0.1) is 5.10 Å². The molecule has 29 heavy (non-hydrogen) atoms. The van der Waals surface area contributed by atoms with Crippen LogP contribution in [0, 0.1) is 0 Å². The molecule has 0 spiro atoms. The Labute approximate surface area is 166 Å². The van der Waals surface area contributed by atoms with Crippen LogP contribution in [0.25, 0.3) is 5.65 Å². The maximum atomic E-state index is 12.9. The lowest BCUT2D eigenvalue weighted by Crippen LogP contribution is -2.48. The maximum absolute atomic E-state index is 12.9. The second kappa shape index (κ2) is 7.05. The second-order valence-corrected chi connectivity index (χ2v) is 7.56. The Bertz CT molecular complexity index is 1140. The highest BCUT2D eigenvalue weighted by Gasteiger charge is 2.26. The Morgan fingerprint density at radius 2 is 1.93 bits per heavy atom. The summed E-state index contributed by atoms with van der Waals surface area (Å²) in [7, 11) is 1.51. The standard InChI is InChI=1S/C19H22N8O2/c1-24-19(29)27-12-21-16(17(27)22-23-24)18(28)26-6-4-25(5-7-26)11-13-2-3-14-9-20-10-15(14)8-13/h2-3,8,12,20H,4-7,9-11H2,1H3. The Hall–Kier alpha value is -3.11. The molecule has 1 fully saturated rings. The van der Waals surface area contributed by atoms with E-state index in [9.17, 15) is 9.59 Å². The van der Waals surface area contributed by atoms with Crippen molar-refractivity contribution in [1.29, 1.82) is 0 Å². The van der Waals surface area contributed by atoms with E-state index < -0.39 is 0 Å². The fourth-order valence-electron chi connectivity index (χ4n) is 4.00. The van der Waals surface area contributed by atoms with Crippen molar-refractivity contribution in [3.8, 4) is 0 Å². The number of hydrogen-bond acceptors (Lipinski definition) is 7. The van der Waals surface area contributed by atoms with Gasteiger partial charge in [0.05, 0.1) is 0 Å². The number of benzene rings is 1. The van der Waals surface area contributed by atoms with Crippen LogP contribution in [-0.4, -0.2) is 66.3 Å². The summed E-state index contributed by atoms with van der Waals surface area (Å²) in [5.74, 6) is -0.210. The molecule has 1 aromatic carbocycles. The van der Waals surface area contributed by atoms with Gasteiger partial charge in [0, 0.05) is 52.9 Å². The number of fused-ring (bicyclic) bond motifs is 2. The third-order valence-electron chi connectivity index (χ3n) is 5.67. The molecule has 0 bridgehead atoms. The van der Waals surface area contributed by atoms with Crippen LogP contribution in [0.2, 0.25) is 0 Å². The van der Waals surface area contributed by atoms with Crippen LogP contribution in [0.1, 0.15) is 27.2 Å². The van der Waals surface area contributed by atoms with Gasteiger partial charge < -0.3 is 10.2 Å². The lowest BCUT2D eigenvalue weighted by Gasteiger charge is -2.34. The van der Waals surface area contributed by atoms with Crippen LogP contribution >= 0.6 is 0 Å². The van der Waals surface area contributed by atoms with Crippen LogP contribution in [0.5, 0.6) is 0 Å². The highest BCUT2D eigenvalue weighted by atomic mass is 16.2. The van der Waals surface area contributed by atoms with Crippen molar-refractivity contribution in [2.24, 2.45) is 7.05 Å². The van der Waals surface area contributed by atoms with Crippen molar-refractivity contribution in [1.82, 2.24) is 39.5 Å². The number of aromatic nitrogens is 5. The maximum Gasteiger partial charge on any atom is 0.352 e. The fourth-order valence-corrected chi connectivity index (χ4v) is 4.00. The smallest absolute Gasteiger partial charge is 0.335 e. The fraction of sp³-hybridized carbons (Fsp3) is 0.421. The van der Waals surface area contributed by atoms with Crippen molar-refractivity contribution >= 4 is 11.6 Å². The number of aryl methyl sites for hydroxylation is 1. The van der Waals surface area contributed by atoms with Gasteiger partial charge in [0.25, 0.3) is 5.91 Å². The van der Waals surface area contributed by atoms with E-state index in [1.54, 1.807) is 4.90 Å². The number of amides is 1. The molecule has 4 heterocycles. The molecule has 1 saturated heterocycles. The van der Waals surface area contributed by atoms with E-state index in [-0.39, 0.29) is 22.9 Å². The van der Waals surface area contributed by atoms with E-state index in [0.717, 1.165) is 37.4 Å². The lowest BCUT2D eigenvalue weighted by atomic mass is 10.1. The molecule has 2 aliphatic rings. The number of carbonyl (C=O) groups is 1. The van der Waals surface area contributed by atoms with Gasteiger partial charge in [-0.1, -0.05) is 23.4 Å². The summed E-state index contributed by atoms with van der Waals surface area (Å²) in [6, 6.07) is 6.68. The number of nitrogens with zero attached hydrogens (tertiary/aromatic N) is 7. The van der Waals surface area contributed by atoms with E-state index >= 15 is 0 Å². The normalized spacial score (nSPS) is 17.1. The lowest BCUT2D eigenvalue weighted by molar-refractivity contribution is 0.0625. The number of nitrogens with one attached hydrogen (secondary N) is 1. The van der Waals surface area contributed by atoms with Gasteiger partial charge in [0.2, 0.25) is 0 Å². The first kappa shape index (κ1) is 18.0. The first-order valence-corrected chi connectivity index (χ1v) is 9.70. The van der Waals surface area contributed by atoms with E-state index in [1.165, 1.54) is 34.5 Å². The summed E-state index contributed by atoms with van der Waals surface area (Å²) in [6.07, 6.45) is 1.33. The minimum absolute atomic E-state index is 0.176. The summed E-state index contributed by atoms with van der Waals surface area (Å²) in [5.41, 5.74) is 4.07. The highest BCUT2D eigenvalue weighted by molar-refractivity contribution is 5.97. The Morgan fingerprint density at radius 3 is 2.76 bits per heavy atom. The quantitative estimate of drug-likeness (QED) is 0.632. The van der Waals surface area contributed by atoms with Gasteiger partial charge in [0.1, 0.15) is 6.33 Å². The number of piperazine rings is 1. The predicted molar refractivity (Wildman–Crippen MR) is 104 cm³/mol. The molecule has 150 valence electrons. The SMILES string of the molecule is Cn1nnc2c(C(=O)N3CCN(Cc4ccc5c(c4)CNC5)CC3)ncn2c1=O. The minimum Gasteiger partial charge on any atom is -0.335 e. The van der Waals surface area contributed by atoms with Gasteiger partial charge in [-0.2, -0.15) is 4.68 Å². The average Bonchev–Trinajstić information content (AvgIpc) is 3.37. The van der Waals surface area contributed by atoms with Crippen LogP contribution in [0.3, 0.4) is 0 Å². The third-order valence-corrected chi connectivity index (χ3v) is 5.67. The van der Waals surface area contributed by atoms with E-state index in [2.05, 4.69) is 43.7 Å². The first-order valence-electron chi connectivity index (χ1n) is 9.70. The molecule has 10 nitrogen and oxygen atoms in total. The van der Waals surface area contributed by atoms with Crippen LogP contribution in [-0.2, 0) is 26.7 Å². The monoisotopic (exact) mass is 394 g/mol. The zero-order valence-corrected chi connectivity index (χ0v) is 16.2. The molecule has 0 radical (unpaired) electrons. The Balaban J connectivity index is 1.25. The molecule has 10 heteroatoms. The van der Waals surface area contributed by atoms with Crippen LogP contribution in [0.4, 0.5) is 0 Å². The molecule has 0 saturated carbocycles. The summed E-state index contributed by atoms with van der Waals surface area (Å²) in [6.45, 7) is 5.59. The van der Waals surface area contributed by atoms with Gasteiger partial charge in [-0.05, 0) is 16.7 Å². The predicted octanol–water partition coefficient (Wildman–Crippen LogP) is -0.616. The largest absolute Gasteiger partial charge is 0.352 e. The van der Waals surface area contributed by atoms with Gasteiger partial charge >= 0.3 is 5.69 Å². The molecular formula is C19H22N8O2. The molecule has 0 atom stereocenters. The molecule has 1 amide bonds. The molecule has 2 aromatic heterocycles. The summed E-state index contributed by atoms with van der Waals surface area (Å²) in [5, 5.41) is 11.1. The topological polar surface area (TPSA) is 101 Å². The number of carbonyl (C=O) groups excluding carboxylic acids is 1. The summed E-state index contributed by atoms with van der Waals surface area (Å²) < 4.78 is 2.36. The zero-order valence-electron chi connectivity index (χ0n) is 16.2. The molecule has 5 rings (SSSR count). The van der Waals surface area contributed by atoms with Crippen LogP contribution < -0.4 is 11.0 Å². The molecule has 1 N–H and O–H groups in total. The second-order valence-electron chi connectivity index (χ2n) is 7.56. The van der Waals surface area contributed by atoms with Crippen molar-refractivity contribution in [3.05, 3.63) is 57.4 Å².